The molecule has 2 nitrogen and oxygen atoms in total. The molecule has 0 aliphatic heterocycles. The van der Waals surface area contributed by atoms with Crippen molar-refractivity contribution in [2.75, 3.05) is 0 Å². The minimum Gasteiger partial charge on any atom is -0.327 e. The highest BCUT2D eigenvalue weighted by Crippen LogP contribution is 2.22. The van der Waals surface area contributed by atoms with E-state index >= 15 is 0 Å². The smallest absolute Gasteiger partial charge is 0.327 e. The molecule has 1 aromatic rings. The molecule has 0 saturated carbocycles. The van der Waals surface area contributed by atoms with Crippen LogP contribution < -0.4 is 5.73 Å². The number of aromatic nitrogens is 1. The second-order valence-corrected chi connectivity index (χ2v) is 4.02. The van der Waals surface area contributed by atoms with Gasteiger partial charge >= 0.3 is 6.18 Å². The monoisotopic (exact) mass is 224 g/mol. The highest BCUT2D eigenvalue weighted by atomic mass is 32.1. The average molecular weight is 224 g/mol. The molecule has 1 atom stereocenters. The summed E-state index contributed by atoms with van der Waals surface area (Å²) >= 11 is 1.41. The number of alkyl halides is 3. The van der Waals surface area contributed by atoms with Crippen LogP contribution in [0.1, 0.15) is 17.8 Å². The normalized spacial score (nSPS) is 14.3. The Morgan fingerprint density at radius 2 is 2.21 bits per heavy atom. The number of hydrogen-bond acceptors (Lipinski definition) is 3. The van der Waals surface area contributed by atoms with E-state index in [9.17, 15) is 13.2 Å². The van der Waals surface area contributed by atoms with E-state index in [-0.39, 0.29) is 6.42 Å². The standard InChI is InChI=1S/C8H11F3N2S/c9-8(10,11)2-1-6(12)5-7-13-3-4-14-7/h3-4,6H,1-2,5,12H2. The largest absolute Gasteiger partial charge is 0.389 e. The molecule has 0 aromatic carbocycles. The molecule has 1 unspecified atom stereocenters. The summed E-state index contributed by atoms with van der Waals surface area (Å²) in [5.74, 6) is 0. The molecule has 0 saturated heterocycles. The minimum absolute atomic E-state index is 0.0386. The van der Waals surface area contributed by atoms with Gasteiger partial charge in [-0.2, -0.15) is 13.2 Å². The second-order valence-electron chi connectivity index (χ2n) is 3.04. The molecule has 0 amide bonds. The summed E-state index contributed by atoms with van der Waals surface area (Å²) in [4.78, 5) is 3.96. The molecule has 0 radical (unpaired) electrons. The lowest BCUT2D eigenvalue weighted by Gasteiger charge is -2.11. The van der Waals surface area contributed by atoms with Crippen molar-refractivity contribution in [1.82, 2.24) is 4.98 Å². The predicted molar refractivity (Wildman–Crippen MR) is 49.1 cm³/mol. The van der Waals surface area contributed by atoms with Gasteiger partial charge in [-0.3, -0.25) is 0 Å². The molecule has 6 heteroatoms. The van der Waals surface area contributed by atoms with Crippen LogP contribution in [0.5, 0.6) is 0 Å². The van der Waals surface area contributed by atoms with Crippen LogP contribution in [0.4, 0.5) is 13.2 Å². The number of nitrogens with zero attached hydrogens (tertiary/aromatic N) is 1. The van der Waals surface area contributed by atoms with E-state index < -0.39 is 18.6 Å². The summed E-state index contributed by atoms with van der Waals surface area (Å²) in [6.45, 7) is 0. The number of thiazole rings is 1. The number of hydrogen-bond donors (Lipinski definition) is 1. The van der Waals surface area contributed by atoms with E-state index in [2.05, 4.69) is 4.98 Å². The average Bonchev–Trinajstić information content (AvgIpc) is 2.52. The first-order valence-electron chi connectivity index (χ1n) is 4.18. The quantitative estimate of drug-likeness (QED) is 0.852. The number of halogens is 3. The molecule has 0 aliphatic rings. The molecular weight excluding hydrogens is 213 g/mol. The molecule has 1 aromatic heterocycles. The number of rotatable bonds is 4. The zero-order valence-electron chi connectivity index (χ0n) is 7.42. The van der Waals surface area contributed by atoms with Gasteiger partial charge in [0, 0.05) is 30.5 Å². The van der Waals surface area contributed by atoms with Crippen molar-refractivity contribution >= 4 is 11.3 Å². The molecule has 80 valence electrons. The fourth-order valence-electron chi connectivity index (χ4n) is 1.03. The predicted octanol–water partition coefficient (Wildman–Crippen LogP) is 2.36. The SMILES string of the molecule is NC(CCC(F)(F)F)Cc1nccs1. The first-order valence-corrected chi connectivity index (χ1v) is 5.06. The molecule has 14 heavy (non-hydrogen) atoms. The third-order valence-corrected chi connectivity index (χ3v) is 2.52. The van der Waals surface area contributed by atoms with Gasteiger partial charge in [0.25, 0.3) is 0 Å². The van der Waals surface area contributed by atoms with Crippen molar-refractivity contribution < 1.29 is 13.2 Å². The first kappa shape index (κ1) is 11.5. The zero-order valence-corrected chi connectivity index (χ0v) is 8.24. The van der Waals surface area contributed by atoms with E-state index in [1.165, 1.54) is 11.3 Å². The van der Waals surface area contributed by atoms with Crippen molar-refractivity contribution in [1.29, 1.82) is 0 Å². The summed E-state index contributed by atoms with van der Waals surface area (Å²) in [5, 5.41) is 2.57. The fraction of sp³-hybridized carbons (Fsp3) is 0.625. The molecule has 0 spiro atoms. The van der Waals surface area contributed by atoms with E-state index in [4.69, 9.17) is 5.73 Å². The minimum atomic E-state index is -4.11. The Labute approximate surface area is 84.0 Å². The van der Waals surface area contributed by atoms with Crippen LogP contribution in [0, 0.1) is 0 Å². The zero-order chi connectivity index (χ0) is 10.6. The number of nitrogens with two attached hydrogens (primary N) is 1. The molecular formula is C8H11F3N2S. The van der Waals surface area contributed by atoms with Crippen LogP contribution in [0.2, 0.25) is 0 Å². The Morgan fingerprint density at radius 3 is 2.71 bits per heavy atom. The Hall–Kier alpha value is -0.620. The molecule has 0 bridgehead atoms. The van der Waals surface area contributed by atoms with Gasteiger partial charge in [-0.25, -0.2) is 4.98 Å². The van der Waals surface area contributed by atoms with E-state index in [0.29, 0.717) is 6.42 Å². The summed E-state index contributed by atoms with van der Waals surface area (Å²) in [7, 11) is 0. The van der Waals surface area contributed by atoms with E-state index in [0.717, 1.165) is 5.01 Å². The van der Waals surface area contributed by atoms with Crippen molar-refractivity contribution in [2.24, 2.45) is 5.73 Å². The van der Waals surface area contributed by atoms with Crippen molar-refractivity contribution in [2.45, 2.75) is 31.5 Å². The molecule has 0 fully saturated rings. The third-order valence-electron chi connectivity index (χ3n) is 1.72. The summed E-state index contributed by atoms with van der Waals surface area (Å²) in [5.41, 5.74) is 5.54. The van der Waals surface area contributed by atoms with Gasteiger partial charge in [-0.05, 0) is 6.42 Å². The highest BCUT2D eigenvalue weighted by molar-refractivity contribution is 7.09. The Balaban J connectivity index is 2.26. The van der Waals surface area contributed by atoms with Crippen molar-refractivity contribution in [3.05, 3.63) is 16.6 Å². The van der Waals surface area contributed by atoms with Gasteiger partial charge in [0.15, 0.2) is 0 Å². The van der Waals surface area contributed by atoms with Crippen molar-refractivity contribution in [3.8, 4) is 0 Å². The maximum absolute atomic E-state index is 11.8. The molecule has 1 heterocycles. The fourth-order valence-corrected chi connectivity index (χ4v) is 1.74. The topological polar surface area (TPSA) is 38.9 Å². The first-order chi connectivity index (χ1) is 6.47. The van der Waals surface area contributed by atoms with Gasteiger partial charge in [-0.15, -0.1) is 11.3 Å². The Bertz CT molecular complexity index is 258. The van der Waals surface area contributed by atoms with E-state index in [1.807, 2.05) is 0 Å². The molecule has 2 N–H and O–H groups in total. The summed E-state index contributed by atoms with van der Waals surface area (Å²) < 4.78 is 35.5. The second kappa shape index (κ2) is 4.75. The van der Waals surface area contributed by atoms with Crippen molar-refractivity contribution in [3.63, 3.8) is 0 Å². The maximum Gasteiger partial charge on any atom is 0.389 e. The van der Waals surface area contributed by atoms with Crippen LogP contribution in [0.25, 0.3) is 0 Å². The third kappa shape index (κ3) is 4.57. The van der Waals surface area contributed by atoms with Crippen LogP contribution in [0.3, 0.4) is 0 Å². The van der Waals surface area contributed by atoms with Gasteiger partial charge < -0.3 is 5.73 Å². The van der Waals surface area contributed by atoms with Gasteiger partial charge in [0.1, 0.15) is 0 Å². The highest BCUT2D eigenvalue weighted by Gasteiger charge is 2.27. The van der Waals surface area contributed by atoms with Crippen LogP contribution >= 0.6 is 11.3 Å². The van der Waals surface area contributed by atoms with Gasteiger partial charge in [-0.1, -0.05) is 0 Å². The van der Waals surface area contributed by atoms with Gasteiger partial charge in [0.2, 0.25) is 0 Å². The Morgan fingerprint density at radius 1 is 1.50 bits per heavy atom. The van der Waals surface area contributed by atoms with Gasteiger partial charge in [0.05, 0.1) is 5.01 Å². The maximum atomic E-state index is 11.8. The summed E-state index contributed by atoms with van der Waals surface area (Å²) in [6, 6.07) is -0.456. The van der Waals surface area contributed by atoms with E-state index in [1.54, 1.807) is 11.6 Å². The lowest BCUT2D eigenvalue weighted by Crippen LogP contribution is -2.25. The lowest BCUT2D eigenvalue weighted by atomic mass is 10.1. The summed E-state index contributed by atoms with van der Waals surface area (Å²) in [6.07, 6.45) is -2.92. The Kier molecular flexibility index (Phi) is 3.88. The van der Waals surface area contributed by atoms with Crippen LogP contribution in [0.15, 0.2) is 11.6 Å². The molecule has 0 aliphatic carbocycles. The lowest BCUT2D eigenvalue weighted by molar-refractivity contribution is -0.136. The van der Waals surface area contributed by atoms with Crippen LogP contribution in [-0.4, -0.2) is 17.2 Å². The van der Waals surface area contributed by atoms with Crippen LogP contribution in [-0.2, 0) is 6.42 Å². The molecule has 1 rings (SSSR count).